The fourth-order valence-corrected chi connectivity index (χ4v) is 9.20. The molecule has 6 nitrogen and oxygen atoms in total. The van der Waals surface area contributed by atoms with E-state index in [-0.39, 0.29) is 18.5 Å². The number of rotatable bonds is 55. The minimum atomic E-state index is -0.667. The van der Waals surface area contributed by atoms with E-state index in [9.17, 15) is 19.8 Å². The fraction of sp³-hybridized carbons (Fsp3) is 0.900. The van der Waals surface area contributed by atoms with Gasteiger partial charge < -0.3 is 20.3 Å². The molecule has 0 aromatic heterocycles. The summed E-state index contributed by atoms with van der Waals surface area (Å²) >= 11 is 0. The van der Waals surface area contributed by atoms with E-state index in [0.717, 1.165) is 51.4 Å². The summed E-state index contributed by atoms with van der Waals surface area (Å²) in [5, 5.41) is 23.2. The summed E-state index contributed by atoms with van der Waals surface area (Å²) in [6, 6.07) is -0.545. The summed E-state index contributed by atoms with van der Waals surface area (Å²) < 4.78 is 5.49. The lowest BCUT2D eigenvalue weighted by atomic mass is 10.0. The quantitative estimate of drug-likeness (QED) is 0.0321. The number of carbonyl (C=O) groups excluding carboxylic acids is 2. The predicted molar refractivity (Wildman–Crippen MR) is 287 cm³/mol. The first-order valence-corrected chi connectivity index (χ1v) is 29.6. The molecule has 390 valence electrons. The number of aliphatic hydroxyl groups excluding tert-OH is 2. The molecule has 0 aromatic rings. The molecule has 0 spiro atoms. The monoisotopic (exact) mass is 930 g/mol. The number of unbranched alkanes of at least 4 members (excludes halogenated alkanes) is 40. The molecule has 0 saturated heterocycles. The average molecular weight is 931 g/mol. The molecule has 6 heteroatoms. The minimum absolute atomic E-state index is 0.00194. The van der Waals surface area contributed by atoms with E-state index >= 15 is 0 Å². The van der Waals surface area contributed by atoms with Crippen LogP contribution in [0.3, 0.4) is 0 Å². The van der Waals surface area contributed by atoms with Gasteiger partial charge in [-0.05, 0) is 57.8 Å². The molecule has 0 aliphatic carbocycles. The Labute approximate surface area is 411 Å². The van der Waals surface area contributed by atoms with E-state index in [1.807, 2.05) is 0 Å². The van der Waals surface area contributed by atoms with Crippen molar-refractivity contribution in [3.8, 4) is 0 Å². The molecule has 2 atom stereocenters. The van der Waals surface area contributed by atoms with Crippen LogP contribution in [-0.4, -0.2) is 47.4 Å². The molecule has 2 unspecified atom stereocenters. The van der Waals surface area contributed by atoms with Crippen LogP contribution < -0.4 is 5.32 Å². The van der Waals surface area contributed by atoms with Crippen molar-refractivity contribution in [2.24, 2.45) is 0 Å². The Bertz CT molecular complexity index is 1030. The van der Waals surface area contributed by atoms with Gasteiger partial charge >= 0.3 is 5.97 Å². The molecule has 0 radical (unpaired) electrons. The van der Waals surface area contributed by atoms with Crippen LogP contribution in [-0.2, 0) is 14.3 Å². The molecule has 1 amide bonds. The highest BCUT2D eigenvalue weighted by Crippen LogP contribution is 2.17. The average Bonchev–Trinajstić information content (AvgIpc) is 3.32. The van der Waals surface area contributed by atoms with E-state index in [1.165, 1.54) is 238 Å². The zero-order valence-corrected chi connectivity index (χ0v) is 44.4. The summed E-state index contributed by atoms with van der Waals surface area (Å²) in [4.78, 5) is 24.5. The first-order chi connectivity index (χ1) is 32.5. The number of carbonyl (C=O) groups is 2. The van der Waals surface area contributed by atoms with E-state index in [2.05, 4.69) is 43.5 Å². The number of esters is 1. The number of amides is 1. The third-order valence-corrected chi connectivity index (χ3v) is 13.8. The zero-order valence-electron chi connectivity index (χ0n) is 44.4. The van der Waals surface area contributed by atoms with Gasteiger partial charge in [-0.15, -0.1) is 0 Å². The van der Waals surface area contributed by atoms with Crippen LogP contribution in [0.4, 0.5) is 0 Å². The molecule has 0 rings (SSSR count). The summed E-state index contributed by atoms with van der Waals surface area (Å²) in [6.07, 6.45) is 67.4. The van der Waals surface area contributed by atoms with Crippen LogP contribution in [0, 0.1) is 0 Å². The lowest BCUT2D eigenvalue weighted by molar-refractivity contribution is -0.143. The van der Waals surface area contributed by atoms with Gasteiger partial charge in [-0.2, -0.15) is 0 Å². The topological polar surface area (TPSA) is 95.9 Å². The Hall–Kier alpha value is -1.66. The first-order valence-electron chi connectivity index (χ1n) is 29.6. The largest absolute Gasteiger partial charge is 0.466 e. The van der Waals surface area contributed by atoms with Crippen molar-refractivity contribution in [2.45, 2.75) is 334 Å². The van der Waals surface area contributed by atoms with Gasteiger partial charge in [0.25, 0.3) is 0 Å². The maximum atomic E-state index is 12.5. The third-order valence-electron chi connectivity index (χ3n) is 13.8. The van der Waals surface area contributed by atoms with Crippen LogP contribution in [0.25, 0.3) is 0 Å². The van der Waals surface area contributed by atoms with Gasteiger partial charge in [-0.3, -0.25) is 9.59 Å². The van der Waals surface area contributed by atoms with Crippen molar-refractivity contribution in [2.75, 3.05) is 13.2 Å². The number of nitrogens with one attached hydrogen (secondary N) is 1. The molecule has 0 saturated carbocycles. The van der Waals surface area contributed by atoms with Crippen molar-refractivity contribution in [1.29, 1.82) is 0 Å². The van der Waals surface area contributed by atoms with Crippen molar-refractivity contribution in [3.05, 3.63) is 24.3 Å². The summed E-state index contributed by atoms with van der Waals surface area (Å²) in [7, 11) is 0. The molecule has 66 heavy (non-hydrogen) atoms. The Morgan fingerprint density at radius 2 is 0.758 bits per heavy atom. The highest BCUT2D eigenvalue weighted by Gasteiger charge is 2.20. The van der Waals surface area contributed by atoms with Gasteiger partial charge in [0, 0.05) is 12.8 Å². The Kier molecular flexibility index (Phi) is 54.5. The second-order valence-electron chi connectivity index (χ2n) is 20.3. The maximum Gasteiger partial charge on any atom is 0.305 e. The first kappa shape index (κ1) is 64.3. The fourth-order valence-electron chi connectivity index (χ4n) is 9.20. The Morgan fingerprint density at radius 3 is 1.18 bits per heavy atom. The van der Waals surface area contributed by atoms with Gasteiger partial charge in [0.1, 0.15) is 0 Å². The van der Waals surface area contributed by atoms with Gasteiger partial charge in [0.2, 0.25) is 5.91 Å². The Morgan fingerprint density at radius 1 is 0.424 bits per heavy atom. The number of allylic oxidation sites excluding steroid dienone is 4. The molecule has 0 heterocycles. The lowest BCUT2D eigenvalue weighted by Crippen LogP contribution is -2.45. The molecule has 0 aliphatic rings. The maximum absolute atomic E-state index is 12.5. The molecule has 0 aromatic carbocycles. The number of hydrogen-bond donors (Lipinski definition) is 3. The minimum Gasteiger partial charge on any atom is -0.466 e. The normalized spacial score (nSPS) is 12.7. The van der Waals surface area contributed by atoms with Crippen LogP contribution in [0.2, 0.25) is 0 Å². The molecular weight excluding hydrogens is 815 g/mol. The van der Waals surface area contributed by atoms with Gasteiger partial charge in [0.05, 0.1) is 25.4 Å². The SMILES string of the molecule is CCCCC/C=C\C/C=C\CCCCCCCCCCCC(=O)OCCCCCCCCCCCCCCCCCCCC(=O)NC(CO)C(O)CCCCCCCCCCCCCCC. The summed E-state index contributed by atoms with van der Waals surface area (Å²) in [5.41, 5.74) is 0. The van der Waals surface area contributed by atoms with Crippen LogP contribution in [0.15, 0.2) is 24.3 Å². The molecule has 0 fully saturated rings. The van der Waals surface area contributed by atoms with Crippen LogP contribution >= 0.6 is 0 Å². The second-order valence-corrected chi connectivity index (χ2v) is 20.3. The van der Waals surface area contributed by atoms with Crippen LogP contribution in [0.5, 0.6) is 0 Å². The standard InChI is InChI=1S/C60H115NO5/c1-3-5-7-9-11-13-15-17-18-19-20-23-26-30-34-38-42-46-50-54-60(65)66-55-51-47-43-39-35-31-27-24-21-22-25-29-33-37-41-45-49-53-59(64)61-57(56-62)58(63)52-48-44-40-36-32-28-16-14-12-10-8-6-4-2/h11,13,17-18,57-58,62-63H,3-10,12,14-16,19-56H2,1-2H3,(H,61,64)/b13-11-,18-17-. The molecular formula is C60H115NO5. The van der Waals surface area contributed by atoms with Gasteiger partial charge in [0.15, 0.2) is 0 Å². The zero-order chi connectivity index (χ0) is 47.9. The number of hydrogen-bond acceptors (Lipinski definition) is 5. The van der Waals surface area contributed by atoms with Crippen molar-refractivity contribution >= 4 is 11.9 Å². The number of aliphatic hydroxyl groups is 2. The van der Waals surface area contributed by atoms with Crippen LogP contribution in [0.1, 0.15) is 322 Å². The highest BCUT2D eigenvalue weighted by atomic mass is 16.5. The van der Waals surface area contributed by atoms with Gasteiger partial charge in [-0.25, -0.2) is 0 Å². The van der Waals surface area contributed by atoms with Crippen molar-refractivity contribution in [3.63, 3.8) is 0 Å². The predicted octanol–water partition coefficient (Wildman–Crippen LogP) is 18.2. The van der Waals surface area contributed by atoms with Crippen molar-refractivity contribution < 1.29 is 24.5 Å². The Balaban J connectivity index is 3.39. The van der Waals surface area contributed by atoms with E-state index < -0.39 is 12.1 Å². The summed E-state index contributed by atoms with van der Waals surface area (Å²) in [5.74, 6) is -0.0376. The summed E-state index contributed by atoms with van der Waals surface area (Å²) in [6.45, 7) is 4.93. The van der Waals surface area contributed by atoms with Crippen molar-refractivity contribution in [1.82, 2.24) is 5.32 Å². The van der Waals surface area contributed by atoms with E-state index in [1.54, 1.807) is 0 Å². The third kappa shape index (κ3) is 51.7. The second kappa shape index (κ2) is 55.9. The molecule has 0 aliphatic heterocycles. The number of ether oxygens (including phenoxy) is 1. The smallest absolute Gasteiger partial charge is 0.305 e. The van der Waals surface area contributed by atoms with E-state index in [0.29, 0.717) is 25.9 Å². The molecule has 3 N–H and O–H groups in total. The lowest BCUT2D eigenvalue weighted by Gasteiger charge is -2.22. The van der Waals surface area contributed by atoms with E-state index in [4.69, 9.17) is 4.74 Å². The molecule has 0 bridgehead atoms. The van der Waals surface area contributed by atoms with Gasteiger partial charge in [-0.1, -0.05) is 276 Å². The highest BCUT2D eigenvalue weighted by molar-refractivity contribution is 5.76.